The van der Waals surface area contributed by atoms with Crippen molar-refractivity contribution in [1.82, 2.24) is 0 Å². The van der Waals surface area contributed by atoms with Crippen LogP contribution < -0.4 is 0 Å². The van der Waals surface area contributed by atoms with Crippen LogP contribution in [0.1, 0.15) is 194 Å². The summed E-state index contributed by atoms with van der Waals surface area (Å²) in [6.45, 7) is 4.23. The highest BCUT2D eigenvalue weighted by Gasteiger charge is 2.51. The molecule has 0 aliphatic heterocycles. The zero-order valence-electron chi connectivity index (χ0n) is 36.4. The third kappa shape index (κ3) is 28.4. The highest BCUT2D eigenvalue weighted by atomic mass is 31.2. The summed E-state index contributed by atoms with van der Waals surface area (Å²) in [5.74, 6) is -0.479. The van der Waals surface area contributed by atoms with Crippen molar-refractivity contribution >= 4 is 13.8 Å². The molecule has 0 aromatic heterocycles. The number of unbranched alkanes of at least 4 members (excludes halogenated alkanes) is 23. The van der Waals surface area contributed by atoms with Gasteiger partial charge in [0.1, 0.15) is 42.7 Å². The summed E-state index contributed by atoms with van der Waals surface area (Å²) >= 11 is 0. The fraction of sp³-hybridized carbons (Fsp3) is 0.889. The SMILES string of the molecule is CCCCCC/C=C\C/C=C\CCCCCCCCOCC(COP(=O)(O)OC1C(O)C(O)C(O)C(O)C1O)OC(=O)CCCCCCCCCCCCCCCC. The van der Waals surface area contributed by atoms with Gasteiger partial charge in [-0.05, 0) is 44.9 Å². The molecule has 1 rings (SSSR count). The van der Waals surface area contributed by atoms with E-state index in [0.29, 0.717) is 13.0 Å². The minimum absolute atomic E-state index is 0.0802. The summed E-state index contributed by atoms with van der Waals surface area (Å²) in [6, 6.07) is 0. The molecule has 0 aromatic rings. The highest BCUT2D eigenvalue weighted by Crippen LogP contribution is 2.47. The van der Waals surface area contributed by atoms with Gasteiger partial charge in [0.05, 0.1) is 13.2 Å². The normalized spacial score (nSPS) is 22.8. The number of carbonyl (C=O) groups excluding carboxylic acids is 1. The second kappa shape index (κ2) is 36.5. The van der Waals surface area contributed by atoms with E-state index in [1.165, 1.54) is 109 Å². The van der Waals surface area contributed by atoms with E-state index in [2.05, 4.69) is 38.2 Å². The quantitative estimate of drug-likeness (QED) is 0.0149. The maximum atomic E-state index is 12.8. The maximum Gasteiger partial charge on any atom is 0.472 e. The third-order valence-corrected chi connectivity index (χ3v) is 11.8. The van der Waals surface area contributed by atoms with Gasteiger partial charge in [-0.2, -0.15) is 0 Å². The molecule has 1 saturated carbocycles. The van der Waals surface area contributed by atoms with Crippen LogP contribution in [-0.4, -0.2) is 98.9 Å². The average Bonchev–Trinajstić information content (AvgIpc) is 3.21. The molecule has 1 aliphatic rings. The lowest BCUT2D eigenvalue weighted by atomic mass is 9.85. The number of allylic oxidation sites excluding steroid dienone is 4. The molecule has 0 heterocycles. The molecule has 0 amide bonds. The minimum atomic E-state index is -5.02. The lowest BCUT2D eigenvalue weighted by Crippen LogP contribution is -2.64. The van der Waals surface area contributed by atoms with E-state index in [1.54, 1.807) is 0 Å². The Morgan fingerprint density at radius 1 is 0.552 bits per heavy atom. The fourth-order valence-electron chi connectivity index (χ4n) is 7.09. The van der Waals surface area contributed by atoms with Crippen LogP contribution in [0, 0.1) is 0 Å². The number of aliphatic hydroxyl groups excluding tert-OH is 5. The lowest BCUT2D eigenvalue weighted by Gasteiger charge is -2.41. The molecule has 1 fully saturated rings. The van der Waals surface area contributed by atoms with Crippen LogP contribution >= 0.6 is 7.82 Å². The largest absolute Gasteiger partial charge is 0.472 e. The fourth-order valence-corrected chi connectivity index (χ4v) is 8.06. The molecule has 12 nitrogen and oxygen atoms in total. The Hall–Kier alpha value is -1.18. The first kappa shape index (κ1) is 54.8. The molecule has 6 atom stereocenters. The summed E-state index contributed by atoms with van der Waals surface area (Å²) in [7, 11) is -5.02. The van der Waals surface area contributed by atoms with E-state index < -0.39 is 63.1 Å². The molecule has 6 N–H and O–H groups in total. The Labute approximate surface area is 351 Å². The van der Waals surface area contributed by atoms with Gasteiger partial charge in [0.25, 0.3) is 0 Å². The molecule has 58 heavy (non-hydrogen) atoms. The lowest BCUT2D eigenvalue weighted by molar-refractivity contribution is -0.220. The first-order chi connectivity index (χ1) is 28.0. The van der Waals surface area contributed by atoms with Crippen molar-refractivity contribution in [3.05, 3.63) is 24.3 Å². The van der Waals surface area contributed by atoms with Crippen LogP contribution in [0.25, 0.3) is 0 Å². The standard InChI is InChI=1S/C45H85O12P/c1-3-5-7-9-11-13-15-17-19-20-21-23-25-27-29-31-33-35-54-36-38(37-55-58(52,53)57-45-43(50)41(48)40(47)42(49)44(45)51)56-39(46)34-32-30-28-26-24-22-18-16-14-12-10-8-6-4-2/h13,15,19-20,38,40-45,47-51H,3-12,14,16-18,21-37H2,1-2H3,(H,52,53)/b15-13-,20-19-. The predicted molar refractivity (Wildman–Crippen MR) is 230 cm³/mol. The van der Waals surface area contributed by atoms with Gasteiger partial charge in [0, 0.05) is 13.0 Å². The molecule has 0 bridgehead atoms. The molecule has 342 valence electrons. The second-order valence-corrected chi connectivity index (χ2v) is 17.7. The van der Waals surface area contributed by atoms with Crippen molar-refractivity contribution < 1.29 is 58.3 Å². The van der Waals surface area contributed by atoms with Crippen LogP contribution in [0.4, 0.5) is 0 Å². The number of phosphoric acid groups is 1. The Morgan fingerprint density at radius 2 is 0.966 bits per heavy atom. The number of aliphatic hydroxyl groups is 5. The van der Waals surface area contributed by atoms with Crippen molar-refractivity contribution in [1.29, 1.82) is 0 Å². The number of phosphoric ester groups is 1. The van der Waals surface area contributed by atoms with E-state index in [9.17, 15) is 39.8 Å². The predicted octanol–water partition coefficient (Wildman–Crippen LogP) is 9.31. The molecule has 13 heteroatoms. The van der Waals surface area contributed by atoms with Crippen LogP contribution in [0.3, 0.4) is 0 Å². The van der Waals surface area contributed by atoms with Gasteiger partial charge < -0.3 is 39.9 Å². The minimum Gasteiger partial charge on any atom is -0.457 e. The first-order valence-corrected chi connectivity index (χ1v) is 24.7. The van der Waals surface area contributed by atoms with Gasteiger partial charge in [0.2, 0.25) is 0 Å². The van der Waals surface area contributed by atoms with Gasteiger partial charge in [0.15, 0.2) is 0 Å². The molecule has 0 saturated heterocycles. The third-order valence-electron chi connectivity index (χ3n) is 10.8. The van der Waals surface area contributed by atoms with Crippen molar-refractivity contribution in [3.8, 4) is 0 Å². The van der Waals surface area contributed by atoms with Gasteiger partial charge in [-0.25, -0.2) is 4.57 Å². The second-order valence-electron chi connectivity index (χ2n) is 16.3. The van der Waals surface area contributed by atoms with Crippen molar-refractivity contribution in [3.63, 3.8) is 0 Å². The van der Waals surface area contributed by atoms with Gasteiger partial charge in [-0.3, -0.25) is 13.8 Å². The van der Waals surface area contributed by atoms with Crippen LogP contribution in [-0.2, 0) is 27.9 Å². The number of esters is 1. The van der Waals surface area contributed by atoms with Crippen LogP contribution in [0.15, 0.2) is 24.3 Å². The molecule has 0 spiro atoms. The Kier molecular flexibility index (Phi) is 34.5. The molecular weight excluding hydrogens is 763 g/mol. The van der Waals surface area contributed by atoms with E-state index in [4.69, 9.17) is 18.5 Å². The number of ether oxygens (including phenoxy) is 2. The Balaban J connectivity index is 2.40. The number of hydrogen-bond donors (Lipinski definition) is 6. The van der Waals surface area contributed by atoms with E-state index in [0.717, 1.165) is 57.8 Å². The summed E-state index contributed by atoms with van der Waals surface area (Å²) < 4.78 is 34.2. The molecule has 0 aromatic carbocycles. The number of hydrogen-bond acceptors (Lipinski definition) is 11. The first-order valence-electron chi connectivity index (χ1n) is 23.2. The van der Waals surface area contributed by atoms with E-state index in [1.807, 2.05) is 0 Å². The van der Waals surface area contributed by atoms with Gasteiger partial charge >= 0.3 is 13.8 Å². The highest BCUT2D eigenvalue weighted by molar-refractivity contribution is 7.47. The summed E-state index contributed by atoms with van der Waals surface area (Å²) in [5.41, 5.74) is 0. The average molecular weight is 849 g/mol. The molecule has 1 aliphatic carbocycles. The van der Waals surface area contributed by atoms with Gasteiger partial charge in [-0.1, -0.05) is 167 Å². The molecule has 0 radical (unpaired) electrons. The number of rotatable bonds is 39. The van der Waals surface area contributed by atoms with Crippen molar-refractivity contribution in [2.75, 3.05) is 19.8 Å². The smallest absolute Gasteiger partial charge is 0.457 e. The van der Waals surface area contributed by atoms with Gasteiger partial charge in [-0.15, -0.1) is 0 Å². The topological polar surface area (TPSA) is 192 Å². The van der Waals surface area contributed by atoms with E-state index >= 15 is 0 Å². The Bertz CT molecular complexity index is 1060. The zero-order valence-corrected chi connectivity index (χ0v) is 37.2. The Morgan fingerprint density at radius 3 is 1.47 bits per heavy atom. The monoisotopic (exact) mass is 849 g/mol. The van der Waals surface area contributed by atoms with Crippen molar-refractivity contribution in [2.45, 2.75) is 236 Å². The summed E-state index contributed by atoms with van der Waals surface area (Å²) in [6.07, 6.45) is 28.1. The van der Waals surface area contributed by atoms with Crippen LogP contribution in [0.5, 0.6) is 0 Å². The summed E-state index contributed by atoms with van der Waals surface area (Å²) in [4.78, 5) is 23.1. The van der Waals surface area contributed by atoms with Crippen LogP contribution in [0.2, 0.25) is 0 Å². The molecular formula is C45H85O12P. The number of carbonyl (C=O) groups is 1. The van der Waals surface area contributed by atoms with E-state index in [-0.39, 0.29) is 13.0 Å². The van der Waals surface area contributed by atoms with Crippen molar-refractivity contribution in [2.24, 2.45) is 0 Å². The maximum absolute atomic E-state index is 12.8. The summed E-state index contributed by atoms with van der Waals surface area (Å²) in [5, 5.41) is 50.1. The molecule has 6 unspecified atom stereocenters. The zero-order chi connectivity index (χ0) is 42.7.